The molecule has 4 aromatic rings. The molecule has 2 aromatic carbocycles. The Bertz CT molecular complexity index is 1100. The molecule has 142 valence electrons. The largest absolute Gasteiger partial charge is 0.467 e. The van der Waals surface area contributed by atoms with Crippen LogP contribution in [-0.2, 0) is 24.3 Å². The molecule has 0 atom stereocenters. The quantitative estimate of drug-likeness (QED) is 0.418. The van der Waals surface area contributed by atoms with Crippen molar-refractivity contribution in [3.63, 3.8) is 0 Å². The van der Waals surface area contributed by atoms with Crippen molar-refractivity contribution in [3.05, 3.63) is 94.6 Å². The van der Waals surface area contributed by atoms with Gasteiger partial charge in [-0.1, -0.05) is 48.0 Å². The fourth-order valence-electron chi connectivity index (χ4n) is 3.30. The Morgan fingerprint density at radius 1 is 1.00 bits per heavy atom. The Hall–Kier alpha value is -2.98. The van der Waals surface area contributed by atoms with Crippen LogP contribution in [0.1, 0.15) is 22.6 Å². The summed E-state index contributed by atoms with van der Waals surface area (Å²) in [6, 6.07) is 19.0. The van der Waals surface area contributed by atoms with Gasteiger partial charge in [0.15, 0.2) is 0 Å². The lowest BCUT2D eigenvalue weighted by molar-refractivity contribution is -0.132. The summed E-state index contributed by atoms with van der Waals surface area (Å²) in [5.74, 6) is 1.37. The van der Waals surface area contributed by atoms with Gasteiger partial charge in [0, 0.05) is 17.0 Å². The van der Waals surface area contributed by atoms with Crippen LogP contribution in [0.2, 0.25) is 5.02 Å². The zero-order chi connectivity index (χ0) is 19.5. The summed E-state index contributed by atoms with van der Waals surface area (Å²) in [6.07, 6.45) is 1.79. The first-order valence-electron chi connectivity index (χ1n) is 9.12. The van der Waals surface area contributed by atoms with Gasteiger partial charge in [-0.05, 0) is 42.3 Å². The van der Waals surface area contributed by atoms with Crippen LogP contribution in [-0.4, -0.2) is 10.8 Å². The molecule has 0 spiro atoms. The van der Waals surface area contributed by atoms with Gasteiger partial charge < -0.3 is 13.7 Å². The van der Waals surface area contributed by atoms with Crippen LogP contribution >= 0.6 is 11.6 Å². The molecular formula is C23H20ClNO3. The van der Waals surface area contributed by atoms with E-state index in [2.05, 4.69) is 0 Å². The lowest BCUT2D eigenvalue weighted by Gasteiger charge is -2.22. The van der Waals surface area contributed by atoms with Gasteiger partial charge in [0.25, 0.3) is 0 Å². The Morgan fingerprint density at radius 2 is 1.79 bits per heavy atom. The third-order valence-corrected chi connectivity index (χ3v) is 5.22. The first kappa shape index (κ1) is 18.4. The van der Waals surface area contributed by atoms with E-state index in [1.165, 1.54) is 0 Å². The van der Waals surface area contributed by atoms with E-state index in [0.717, 1.165) is 27.9 Å². The maximum absolute atomic E-state index is 13.2. The van der Waals surface area contributed by atoms with Crippen molar-refractivity contribution in [1.82, 2.24) is 4.90 Å². The van der Waals surface area contributed by atoms with Crippen LogP contribution < -0.4 is 0 Å². The molecule has 4 rings (SSSR count). The van der Waals surface area contributed by atoms with E-state index in [1.54, 1.807) is 11.2 Å². The highest BCUT2D eigenvalue weighted by Crippen LogP contribution is 2.26. The van der Waals surface area contributed by atoms with Gasteiger partial charge in [-0.15, -0.1) is 0 Å². The minimum absolute atomic E-state index is 0.0431. The maximum atomic E-state index is 13.2. The zero-order valence-corrected chi connectivity index (χ0v) is 16.3. The average molecular weight is 394 g/mol. The number of amides is 1. The first-order chi connectivity index (χ1) is 13.6. The minimum Gasteiger partial charge on any atom is -0.467 e. The van der Waals surface area contributed by atoms with Crippen LogP contribution in [0.15, 0.2) is 75.8 Å². The topological polar surface area (TPSA) is 46.6 Å². The van der Waals surface area contributed by atoms with Gasteiger partial charge in [0.2, 0.25) is 5.91 Å². The number of carbonyl (C=O) groups excluding carboxylic acids is 1. The normalized spacial score (nSPS) is 11.1. The average Bonchev–Trinajstić information content (AvgIpc) is 3.31. The second-order valence-corrected chi connectivity index (χ2v) is 7.15. The predicted octanol–water partition coefficient (Wildman–Crippen LogP) is 5.76. The highest BCUT2D eigenvalue weighted by atomic mass is 35.5. The molecule has 0 saturated carbocycles. The van der Waals surface area contributed by atoms with E-state index in [0.29, 0.717) is 23.9 Å². The Labute approximate surface area is 168 Å². The molecule has 2 heterocycles. The Balaban J connectivity index is 1.60. The number of benzene rings is 2. The van der Waals surface area contributed by atoms with E-state index in [-0.39, 0.29) is 12.3 Å². The number of halogens is 1. The van der Waals surface area contributed by atoms with Crippen molar-refractivity contribution in [1.29, 1.82) is 0 Å². The number of aryl methyl sites for hydroxylation is 1. The summed E-state index contributed by atoms with van der Waals surface area (Å²) < 4.78 is 11.4. The summed E-state index contributed by atoms with van der Waals surface area (Å²) in [7, 11) is 0. The molecule has 0 radical (unpaired) electrons. The van der Waals surface area contributed by atoms with Gasteiger partial charge in [-0.3, -0.25) is 4.79 Å². The van der Waals surface area contributed by atoms with Gasteiger partial charge in [-0.2, -0.15) is 0 Å². The number of hydrogen-bond donors (Lipinski definition) is 0. The molecule has 0 bridgehead atoms. The van der Waals surface area contributed by atoms with E-state index in [9.17, 15) is 4.79 Å². The third-order valence-electron chi connectivity index (χ3n) is 4.85. The van der Waals surface area contributed by atoms with Crippen molar-refractivity contribution in [2.45, 2.75) is 26.4 Å². The molecule has 5 heteroatoms. The number of para-hydroxylation sites is 1. The predicted molar refractivity (Wildman–Crippen MR) is 109 cm³/mol. The van der Waals surface area contributed by atoms with Crippen LogP contribution in [0, 0.1) is 6.92 Å². The standard InChI is InChI=1S/C23H20ClNO3/c1-16-19-9-3-5-11-21(19)28-22(16)13-23(26)25(15-18-8-6-12-27-18)14-17-7-2-4-10-20(17)24/h2-12H,13-15H2,1H3. The number of nitrogens with zero attached hydrogens (tertiary/aromatic N) is 1. The lowest BCUT2D eigenvalue weighted by Crippen LogP contribution is -2.31. The highest BCUT2D eigenvalue weighted by molar-refractivity contribution is 6.31. The number of rotatable bonds is 6. The van der Waals surface area contributed by atoms with Crippen molar-refractivity contribution in [2.75, 3.05) is 0 Å². The van der Waals surface area contributed by atoms with Crippen molar-refractivity contribution in [3.8, 4) is 0 Å². The van der Waals surface area contributed by atoms with Gasteiger partial charge in [0.05, 0.1) is 19.2 Å². The fourth-order valence-corrected chi connectivity index (χ4v) is 3.49. The summed E-state index contributed by atoms with van der Waals surface area (Å²) in [6.45, 7) is 2.76. The van der Waals surface area contributed by atoms with Gasteiger partial charge >= 0.3 is 0 Å². The summed E-state index contributed by atoms with van der Waals surface area (Å²) in [5.41, 5.74) is 2.69. The number of fused-ring (bicyclic) bond motifs is 1. The van der Waals surface area contributed by atoms with E-state index < -0.39 is 0 Å². The second-order valence-electron chi connectivity index (χ2n) is 6.74. The molecule has 0 aliphatic rings. The molecule has 28 heavy (non-hydrogen) atoms. The lowest BCUT2D eigenvalue weighted by atomic mass is 10.1. The monoisotopic (exact) mass is 393 g/mol. The number of hydrogen-bond acceptors (Lipinski definition) is 3. The van der Waals surface area contributed by atoms with Crippen LogP contribution in [0.4, 0.5) is 0 Å². The second kappa shape index (κ2) is 7.95. The number of furan rings is 2. The molecule has 0 aliphatic heterocycles. The van der Waals surface area contributed by atoms with Crippen LogP contribution in [0.25, 0.3) is 11.0 Å². The molecular weight excluding hydrogens is 374 g/mol. The van der Waals surface area contributed by atoms with Gasteiger partial charge in [0.1, 0.15) is 17.1 Å². The highest BCUT2D eigenvalue weighted by Gasteiger charge is 2.21. The van der Waals surface area contributed by atoms with Crippen LogP contribution in [0.5, 0.6) is 0 Å². The Morgan fingerprint density at radius 3 is 2.54 bits per heavy atom. The maximum Gasteiger partial charge on any atom is 0.230 e. The van der Waals surface area contributed by atoms with E-state index in [1.807, 2.05) is 67.6 Å². The van der Waals surface area contributed by atoms with E-state index >= 15 is 0 Å². The summed E-state index contributed by atoms with van der Waals surface area (Å²) >= 11 is 6.31. The van der Waals surface area contributed by atoms with Gasteiger partial charge in [-0.25, -0.2) is 0 Å². The number of carbonyl (C=O) groups is 1. The fraction of sp³-hybridized carbons (Fsp3) is 0.174. The Kier molecular flexibility index (Phi) is 5.22. The zero-order valence-electron chi connectivity index (χ0n) is 15.5. The summed E-state index contributed by atoms with van der Waals surface area (Å²) in [5, 5.41) is 1.67. The molecule has 0 saturated heterocycles. The molecule has 2 aromatic heterocycles. The smallest absolute Gasteiger partial charge is 0.230 e. The van der Waals surface area contributed by atoms with E-state index in [4.69, 9.17) is 20.4 Å². The molecule has 4 nitrogen and oxygen atoms in total. The molecule has 0 N–H and O–H groups in total. The van der Waals surface area contributed by atoms with Crippen molar-refractivity contribution >= 4 is 28.5 Å². The van der Waals surface area contributed by atoms with Crippen LogP contribution in [0.3, 0.4) is 0 Å². The van der Waals surface area contributed by atoms with Crippen molar-refractivity contribution in [2.24, 2.45) is 0 Å². The minimum atomic E-state index is -0.0431. The van der Waals surface area contributed by atoms with Crippen molar-refractivity contribution < 1.29 is 13.6 Å². The molecule has 0 fully saturated rings. The molecule has 1 amide bonds. The SMILES string of the molecule is Cc1c(CC(=O)N(Cc2ccco2)Cc2ccccc2Cl)oc2ccccc12. The third kappa shape index (κ3) is 3.82. The first-order valence-corrected chi connectivity index (χ1v) is 9.50. The molecule has 0 unspecified atom stereocenters. The molecule has 0 aliphatic carbocycles. The summed E-state index contributed by atoms with van der Waals surface area (Å²) in [4.78, 5) is 14.9.